The third-order valence-electron chi connectivity index (χ3n) is 2.77. The summed E-state index contributed by atoms with van der Waals surface area (Å²) in [6.45, 7) is 3.87. The topological polar surface area (TPSA) is 68.0 Å². The molecule has 6 heteroatoms. The van der Waals surface area contributed by atoms with Gasteiger partial charge in [-0.1, -0.05) is 31.2 Å². The Bertz CT molecular complexity index is 608. The normalized spacial score (nSPS) is 10.9. The predicted octanol–water partition coefficient (Wildman–Crippen LogP) is 2.81. The predicted molar refractivity (Wildman–Crippen MR) is 74.2 cm³/mol. The van der Waals surface area contributed by atoms with Gasteiger partial charge in [0.15, 0.2) is 5.69 Å². The summed E-state index contributed by atoms with van der Waals surface area (Å²) in [7, 11) is 0. The minimum absolute atomic E-state index is 0.0194. The number of nitrogens with zero attached hydrogens (tertiary/aromatic N) is 3. The number of hydrogen-bond donors (Lipinski definition) is 1. The Morgan fingerprint density at radius 3 is 2.63 bits per heavy atom. The summed E-state index contributed by atoms with van der Waals surface area (Å²) >= 11 is 1.59. The van der Waals surface area contributed by atoms with Crippen molar-refractivity contribution in [1.82, 2.24) is 15.0 Å². The second-order valence-corrected chi connectivity index (χ2v) is 5.21. The first-order valence-electron chi connectivity index (χ1n) is 5.88. The molecule has 0 spiro atoms. The Morgan fingerprint density at radius 2 is 2.05 bits per heavy atom. The van der Waals surface area contributed by atoms with Crippen LogP contribution in [0, 0.1) is 0 Å². The van der Waals surface area contributed by atoms with Crippen LogP contribution in [0.3, 0.4) is 0 Å². The van der Waals surface area contributed by atoms with Crippen molar-refractivity contribution in [2.45, 2.75) is 24.7 Å². The molecule has 5 nitrogen and oxygen atoms in total. The molecule has 0 unspecified atom stereocenters. The Morgan fingerprint density at radius 1 is 1.37 bits per heavy atom. The summed E-state index contributed by atoms with van der Waals surface area (Å²) in [5.74, 6) is -1.02. The Hall–Kier alpha value is -1.82. The molecule has 0 amide bonds. The van der Waals surface area contributed by atoms with E-state index in [9.17, 15) is 9.90 Å². The molecule has 1 aromatic carbocycles. The molecule has 0 fully saturated rings. The highest BCUT2D eigenvalue weighted by molar-refractivity contribution is 7.98. The number of aromatic nitrogens is 3. The smallest absolute Gasteiger partial charge is 0.358 e. The number of carbonyl (C=O) groups is 1. The minimum Gasteiger partial charge on any atom is -0.476 e. The SMILES string of the molecule is CSc1ccccc1-n1nnc(C(=O)O)c1C(C)C. The fourth-order valence-electron chi connectivity index (χ4n) is 1.94. The zero-order chi connectivity index (χ0) is 14.0. The molecule has 1 aromatic heterocycles. The summed E-state index contributed by atoms with van der Waals surface area (Å²) in [4.78, 5) is 12.2. The van der Waals surface area contributed by atoms with E-state index in [0.717, 1.165) is 10.6 Å². The third-order valence-corrected chi connectivity index (χ3v) is 3.55. The molecular formula is C13H15N3O2S. The van der Waals surface area contributed by atoms with Gasteiger partial charge < -0.3 is 5.11 Å². The quantitative estimate of drug-likeness (QED) is 0.870. The van der Waals surface area contributed by atoms with Crippen molar-refractivity contribution < 1.29 is 9.90 Å². The van der Waals surface area contributed by atoms with Crippen molar-refractivity contribution in [1.29, 1.82) is 0 Å². The van der Waals surface area contributed by atoms with Crippen molar-refractivity contribution in [3.63, 3.8) is 0 Å². The number of aromatic carboxylic acids is 1. The first kappa shape index (κ1) is 13.6. The van der Waals surface area contributed by atoms with Crippen molar-refractivity contribution in [3.8, 4) is 5.69 Å². The molecule has 100 valence electrons. The zero-order valence-electron chi connectivity index (χ0n) is 11.0. The van der Waals surface area contributed by atoms with E-state index in [1.54, 1.807) is 16.4 Å². The van der Waals surface area contributed by atoms with Gasteiger partial charge in [-0.15, -0.1) is 16.9 Å². The molecule has 0 aliphatic rings. The fourth-order valence-corrected chi connectivity index (χ4v) is 2.52. The first-order valence-corrected chi connectivity index (χ1v) is 7.11. The second kappa shape index (κ2) is 5.44. The van der Waals surface area contributed by atoms with Crippen LogP contribution in [0.5, 0.6) is 0 Å². The highest BCUT2D eigenvalue weighted by atomic mass is 32.2. The highest BCUT2D eigenvalue weighted by Crippen LogP contribution is 2.27. The lowest BCUT2D eigenvalue weighted by Crippen LogP contribution is -2.09. The molecule has 0 aliphatic carbocycles. The number of rotatable bonds is 4. The summed E-state index contributed by atoms with van der Waals surface area (Å²) in [5, 5.41) is 17.0. The van der Waals surface area contributed by atoms with Crippen LogP contribution >= 0.6 is 11.8 Å². The van der Waals surface area contributed by atoms with E-state index >= 15 is 0 Å². The molecule has 0 atom stereocenters. The van der Waals surface area contributed by atoms with Gasteiger partial charge in [-0.2, -0.15) is 0 Å². The monoisotopic (exact) mass is 277 g/mol. The number of benzene rings is 1. The van der Waals surface area contributed by atoms with Crippen LogP contribution in [0.1, 0.15) is 35.9 Å². The van der Waals surface area contributed by atoms with Gasteiger partial charge in [0.05, 0.1) is 11.4 Å². The summed E-state index contributed by atoms with van der Waals surface area (Å²) in [5.41, 5.74) is 1.50. The van der Waals surface area contributed by atoms with Gasteiger partial charge in [-0.25, -0.2) is 9.48 Å². The largest absolute Gasteiger partial charge is 0.476 e. The van der Waals surface area contributed by atoms with Gasteiger partial charge in [-0.05, 0) is 24.3 Å². The molecule has 0 aliphatic heterocycles. The van der Waals surface area contributed by atoms with Crippen LogP contribution in [0.2, 0.25) is 0 Å². The number of hydrogen-bond acceptors (Lipinski definition) is 4. The molecule has 2 aromatic rings. The average molecular weight is 277 g/mol. The van der Waals surface area contributed by atoms with E-state index in [4.69, 9.17) is 0 Å². The van der Waals surface area contributed by atoms with Crippen LogP contribution < -0.4 is 0 Å². The van der Waals surface area contributed by atoms with Crippen LogP contribution in [0.25, 0.3) is 5.69 Å². The summed E-state index contributed by atoms with van der Waals surface area (Å²) in [6, 6.07) is 7.74. The molecule has 0 bridgehead atoms. The van der Waals surface area contributed by atoms with Crippen molar-refractivity contribution in [2.24, 2.45) is 0 Å². The summed E-state index contributed by atoms with van der Waals surface area (Å²) in [6.07, 6.45) is 1.98. The van der Waals surface area contributed by atoms with Crippen LogP contribution in [0.15, 0.2) is 29.2 Å². The summed E-state index contributed by atoms with van der Waals surface area (Å²) < 4.78 is 1.62. The second-order valence-electron chi connectivity index (χ2n) is 4.37. The Balaban J connectivity index is 2.66. The molecule has 19 heavy (non-hydrogen) atoms. The molecule has 1 N–H and O–H groups in total. The molecule has 0 saturated heterocycles. The van der Waals surface area contributed by atoms with E-state index < -0.39 is 5.97 Å². The van der Waals surface area contributed by atoms with Gasteiger partial charge in [0.25, 0.3) is 0 Å². The number of carboxylic acids is 1. The molecule has 0 saturated carbocycles. The number of thioether (sulfide) groups is 1. The molecular weight excluding hydrogens is 262 g/mol. The van der Waals surface area contributed by atoms with Gasteiger partial charge in [0.1, 0.15) is 0 Å². The number of para-hydroxylation sites is 1. The first-order chi connectivity index (χ1) is 9.06. The van der Waals surface area contributed by atoms with Crippen molar-refractivity contribution in [2.75, 3.05) is 6.26 Å². The maximum Gasteiger partial charge on any atom is 0.358 e. The van der Waals surface area contributed by atoms with Crippen LogP contribution in [-0.4, -0.2) is 32.3 Å². The van der Waals surface area contributed by atoms with E-state index in [2.05, 4.69) is 10.3 Å². The van der Waals surface area contributed by atoms with Gasteiger partial charge in [-0.3, -0.25) is 0 Å². The lowest BCUT2D eigenvalue weighted by atomic mass is 10.1. The standard InChI is InChI=1S/C13H15N3O2S/c1-8(2)12-11(13(17)18)14-15-16(12)9-6-4-5-7-10(9)19-3/h4-8H,1-3H3,(H,17,18). The van der Waals surface area contributed by atoms with Crippen molar-refractivity contribution in [3.05, 3.63) is 35.7 Å². The van der Waals surface area contributed by atoms with Gasteiger partial charge >= 0.3 is 5.97 Å². The van der Waals surface area contributed by atoms with Crippen LogP contribution in [0.4, 0.5) is 0 Å². The zero-order valence-corrected chi connectivity index (χ0v) is 11.8. The lowest BCUT2D eigenvalue weighted by Gasteiger charge is -2.12. The molecule has 0 radical (unpaired) electrons. The van der Waals surface area contributed by atoms with Gasteiger partial charge in [0, 0.05) is 4.90 Å². The maximum absolute atomic E-state index is 11.2. The van der Waals surface area contributed by atoms with Gasteiger partial charge in [0.2, 0.25) is 0 Å². The van der Waals surface area contributed by atoms with E-state index in [1.165, 1.54) is 0 Å². The highest BCUT2D eigenvalue weighted by Gasteiger charge is 2.23. The lowest BCUT2D eigenvalue weighted by molar-refractivity contribution is 0.0688. The third kappa shape index (κ3) is 2.49. The fraction of sp³-hybridized carbons (Fsp3) is 0.308. The van der Waals surface area contributed by atoms with Crippen LogP contribution in [-0.2, 0) is 0 Å². The molecule has 2 rings (SSSR count). The maximum atomic E-state index is 11.2. The number of carboxylic acid groups (broad SMARTS) is 1. The Kier molecular flexibility index (Phi) is 3.90. The average Bonchev–Trinajstić information content (AvgIpc) is 2.83. The van der Waals surface area contributed by atoms with E-state index in [-0.39, 0.29) is 11.6 Å². The Labute approximate surface area is 115 Å². The van der Waals surface area contributed by atoms with Crippen molar-refractivity contribution >= 4 is 17.7 Å². The van der Waals surface area contributed by atoms with E-state index in [1.807, 2.05) is 44.4 Å². The minimum atomic E-state index is -1.04. The molecule has 1 heterocycles. The van der Waals surface area contributed by atoms with E-state index in [0.29, 0.717) is 5.69 Å².